The molecule has 2 fully saturated rings. The van der Waals surface area contributed by atoms with Crippen LogP contribution in [-0.4, -0.2) is 115 Å². The van der Waals surface area contributed by atoms with Gasteiger partial charge in [0.05, 0.1) is 41.6 Å². The van der Waals surface area contributed by atoms with Crippen LogP contribution in [0.5, 0.6) is 0 Å². The van der Waals surface area contributed by atoms with Crippen LogP contribution in [0, 0.1) is 19.7 Å². The Labute approximate surface area is 291 Å². The normalized spacial score (nSPS) is 18.8. The quantitative estimate of drug-likeness (QED) is 0.348. The van der Waals surface area contributed by atoms with Crippen LogP contribution in [0.4, 0.5) is 15.8 Å². The average Bonchev–Trinajstić information content (AvgIpc) is 3.63. The van der Waals surface area contributed by atoms with Gasteiger partial charge in [-0.25, -0.2) is 13.9 Å². The van der Waals surface area contributed by atoms with Crippen LogP contribution < -0.4 is 20.1 Å². The smallest absolute Gasteiger partial charge is 0.341 e. The van der Waals surface area contributed by atoms with Crippen LogP contribution in [0.25, 0.3) is 11.0 Å². The Kier molecular flexibility index (Phi) is 9.96. The molecule has 2 aromatic carbocycles. The zero-order valence-corrected chi connectivity index (χ0v) is 30.3. The van der Waals surface area contributed by atoms with Crippen molar-refractivity contribution in [3.05, 3.63) is 67.8 Å². The molecule has 0 spiro atoms. The maximum Gasteiger partial charge on any atom is 0.341 e. The van der Waals surface area contributed by atoms with E-state index in [1.165, 1.54) is 11.0 Å². The summed E-state index contributed by atoms with van der Waals surface area (Å²) in [4.78, 5) is 48.1. The zero-order chi connectivity index (χ0) is 36.1. The molecule has 2 saturated heterocycles. The second kappa shape index (κ2) is 13.9. The van der Waals surface area contributed by atoms with Gasteiger partial charge in [-0.1, -0.05) is 0 Å². The van der Waals surface area contributed by atoms with Crippen LogP contribution in [0.2, 0.25) is 0 Å². The van der Waals surface area contributed by atoms with Gasteiger partial charge in [-0.05, 0) is 69.5 Å². The highest BCUT2D eigenvalue weighted by atomic mass is 32.2. The minimum absolute atomic E-state index is 0.0179. The monoisotopic (exact) mass is 712 g/mol. The van der Waals surface area contributed by atoms with Crippen molar-refractivity contribution in [2.75, 3.05) is 83.9 Å². The van der Waals surface area contributed by atoms with Crippen LogP contribution in [0.1, 0.15) is 55.8 Å². The number of benzene rings is 2. The number of amides is 2. The standard InChI is InChI=1S/C35H45FN6O7S/c1-21-15-29(40-14-13-39(5)23(18-40)20-48-6)22(2)32-31(21)24-9-12-41(19-27(24)35(45)49-32)34(44)26-16-28(36)25(17-30(26)38(3)4)33(43)37-50(46,47)42-10-7-8-11-42/h15-17,23H,7-14,18-20H2,1-6H3,(H,37,43)/t23-/m1/s1. The van der Waals surface area contributed by atoms with Crippen molar-refractivity contribution >= 4 is 44.4 Å². The zero-order valence-electron chi connectivity index (χ0n) is 29.5. The fourth-order valence-electron chi connectivity index (χ4n) is 7.40. The molecule has 270 valence electrons. The van der Waals surface area contributed by atoms with Gasteiger partial charge in [-0.15, -0.1) is 0 Å². The highest BCUT2D eigenvalue weighted by molar-refractivity contribution is 7.87. The summed E-state index contributed by atoms with van der Waals surface area (Å²) in [6, 6.07) is 4.51. The molecule has 3 aromatic rings. The fraction of sp³-hybridized carbons (Fsp3) is 0.514. The Hall–Kier alpha value is -4.05. The van der Waals surface area contributed by atoms with Gasteiger partial charge < -0.3 is 23.9 Å². The van der Waals surface area contributed by atoms with Gasteiger partial charge in [0.25, 0.3) is 11.8 Å². The molecule has 0 radical (unpaired) electrons. The van der Waals surface area contributed by atoms with Crippen molar-refractivity contribution in [3.8, 4) is 0 Å². The highest BCUT2D eigenvalue weighted by Crippen LogP contribution is 2.36. The molecule has 3 aliphatic heterocycles. The first-order valence-electron chi connectivity index (χ1n) is 16.9. The van der Waals surface area contributed by atoms with E-state index in [0.29, 0.717) is 37.0 Å². The van der Waals surface area contributed by atoms with Crippen LogP contribution in [-0.2, 0) is 27.9 Å². The van der Waals surface area contributed by atoms with Crippen molar-refractivity contribution in [1.29, 1.82) is 0 Å². The summed E-state index contributed by atoms with van der Waals surface area (Å²) >= 11 is 0. The fourth-order valence-corrected chi connectivity index (χ4v) is 8.62. The molecular weight excluding hydrogens is 667 g/mol. The van der Waals surface area contributed by atoms with Gasteiger partial charge >= 0.3 is 15.8 Å². The molecule has 4 heterocycles. The van der Waals surface area contributed by atoms with E-state index in [1.807, 2.05) is 18.6 Å². The van der Waals surface area contributed by atoms with Crippen molar-refractivity contribution < 1.29 is 31.6 Å². The van der Waals surface area contributed by atoms with Gasteiger partial charge in [0, 0.05) is 77.1 Å². The molecule has 2 amide bonds. The third-order valence-corrected chi connectivity index (χ3v) is 11.7. The van der Waals surface area contributed by atoms with E-state index in [9.17, 15) is 22.8 Å². The van der Waals surface area contributed by atoms with Gasteiger partial charge in [-0.2, -0.15) is 12.7 Å². The van der Waals surface area contributed by atoms with Crippen LogP contribution in [0.3, 0.4) is 0 Å². The lowest BCUT2D eigenvalue weighted by atomic mass is 9.92. The maximum atomic E-state index is 15.5. The number of carbonyl (C=O) groups excluding carboxylic acids is 2. The lowest BCUT2D eigenvalue weighted by molar-refractivity contribution is 0.0732. The van der Waals surface area contributed by atoms with E-state index in [0.717, 1.165) is 57.8 Å². The number of piperazine rings is 1. The largest absolute Gasteiger partial charge is 0.422 e. The minimum atomic E-state index is -4.14. The van der Waals surface area contributed by atoms with Crippen molar-refractivity contribution in [2.24, 2.45) is 0 Å². The average molecular weight is 713 g/mol. The number of ether oxygens (including phenoxy) is 1. The Morgan fingerprint density at radius 3 is 2.44 bits per heavy atom. The molecule has 6 rings (SSSR count). The summed E-state index contributed by atoms with van der Waals surface area (Å²) in [7, 11) is 2.93. The van der Waals surface area contributed by atoms with E-state index >= 15 is 4.39 Å². The van der Waals surface area contributed by atoms with E-state index in [2.05, 4.69) is 22.9 Å². The molecule has 0 unspecified atom stereocenters. The minimum Gasteiger partial charge on any atom is -0.422 e. The lowest BCUT2D eigenvalue weighted by Gasteiger charge is -2.41. The second-order valence-electron chi connectivity index (χ2n) is 13.7. The van der Waals surface area contributed by atoms with Gasteiger partial charge in [0.15, 0.2) is 0 Å². The first-order valence-corrected chi connectivity index (χ1v) is 18.3. The summed E-state index contributed by atoms with van der Waals surface area (Å²) in [5.74, 6) is -2.69. The van der Waals surface area contributed by atoms with E-state index in [1.54, 1.807) is 26.1 Å². The first-order chi connectivity index (χ1) is 23.7. The summed E-state index contributed by atoms with van der Waals surface area (Å²) in [5, 5.41) is 0.870. The summed E-state index contributed by atoms with van der Waals surface area (Å²) in [6.45, 7) is 7.86. The number of halogens is 1. The Morgan fingerprint density at radius 1 is 1.04 bits per heavy atom. The number of carbonyl (C=O) groups is 2. The van der Waals surface area contributed by atoms with Crippen molar-refractivity contribution in [1.82, 2.24) is 18.8 Å². The Bertz CT molecular complexity index is 2010. The Morgan fingerprint density at radius 2 is 1.76 bits per heavy atom. The maximum absolute atomic E-state index is 15.5. The molecule has 13 nitrogen and oxygen atoms in total. The number of fused-ring (bicyclic) bond motifs is 3. The summed E-state index contributed by atoms with van der Waals surface area (Å²) in [5.41, 5.74) is 3.82. The number of nitrogens with zero attached hydrogens (tertiary/aromatic N) is 5. The van der Waals surface area contributed by atoms with E-state index in [-0.39, 0.29) is 43.5 Å². The predicted octanol–water partition coefficient (Wildman–Crippen LogP) is 2.65. The molecular formula is C35H45FN6O7S. The number of rotatable bonds is 8. The number of aryl methyl sites for hydroxylation is 2. The third-order valence-electron chi connectivity index (χ3n) is 10.2. The number of methoxy groups -OCH3 is 1. The van der Waals surface area contributed by atoms with Gasteiger partial charge in [-0.3, -0.25) is 14.5 Å². The number of anilines is 2. The summed E-state index contributed by atoms with van der Waals surface area (Å²) in [6.07, 6.45) is 1.75. The molecule has 0 saturated carbocycles. The van der Waals surface area contributed by atoms with E-state index < -0.39 is 39.0 Å². The third kappa shape index (κ3) is 6.59. The molecule has 1 aromatic heterocycles. The second-order valence-corrected chi connectivity index (χ2v) is 15.4. The van der Waals surface area contributed by atoms with Crippen LogP contribution in [0.15, 0.2) is 27.4 Å². The van der Waals surface area contributed by atoms with Crippen LogP contribution >= 0.6 is 0 Å². The van der Waals surface area contributed by atoms with Crippen molar-refractivity contribution in [2.45, 2.75) is 45.7 Å². The molecule has 3 aliphatic rings. The van der Waals surface area contributed by atoms with Crippen molar-refractivity contribution in [3.63, 3.8) is 0 Å². The molecule has 1 N–H and O–H groups in total. The first kappa shape index (κ1) is 35.8. The van der Waals surface area contributed by atoms with Gasteiger partial charge in [0.1, 0.15) is 11.4 Å². The highest BCUT2D eigenvalue weighted by Gasteiger charge is 2.33. The molecule has 50 heavy (non-hydrogen) atoms. The SMILES string of the molecule is COC[C@H]1CN(c2cc(C)c3c4c(c(=O)oc3c2C)CN(C(=O)c2cc(F)c(C(=O)NS(=O)(=O)N3CCCC3)cc2N(C)C)CC4)CCN1C. The Balaban J connectivity index is 1.28. The molecule has 1 atom stereocenters. The number of likely N-dealkylation sites (N-methyl/N-ethyl adjacent to an activating group) is 1. The number of nitrogens with one attached hydrogen (secondary N) is 1. The predicted molar refractivity (Wildman–Crippen MR) is 189 cm³/mol. The molecule has 0 bridgehead atoms. The molecule has 15 heteroatoms. The number of hydrogen-bond donors (Lipinski definition) is 1. The van der Waals surface area contributed by atoms with E-state index in [4.69, 9.17) is 9.15 Å². The number of hydrogen-bond acceptors (Lipinski definition) is 10. The molecule has 0 aliphatic carbocycles. The van der Waals surface area contributed by atoms with Gasteiger partial charge in [0.2, 0.25) is 0 Å². The lowest BCUT2D eigenvalue weighted by Crippen LogP contribution is -2.53. The topological polar surface area (TPSA) is 136 Å². The summed E-state index contributed by atoms with van der Waals surface area (Å²) < 4.78 is 55.4.